The van der Waals surface area contributed by atoms with Crippen LogP contribution < -0.4 is 5.73 Å². The molecule has 1 atom stereocenters. The zero-order valence-corrected chi connectivity index (χ0v) is 7.87. The van der Waals surface area contributed by atoms with Crippen molar-refractivity contribution >= 4 is 0 Å². The molecule has 2 nitrogen and oxygen atoms in total. The summed E-state index contributed by atoms with van der Waals surface area (Å²) in [5, 5.41) is 8.98. The van der Waals surface area contributed by atoms with E-state index in [9.17, 15) is 8.78 Å². The summed E-state index contributed by atoms with van der Waals surface area (Å²) in [7, 11) is 0. The molecular weight excluding hydrogens is 188 g/mol. The summed E-state index contributed by atoms with van der Waals surface area (Å²) in [5.41, 5.74) is 4.59. The van der Waals surface area contributed by atoms with Crippen molar-refractivity contribution in [3.05, 3.63) is 29.8 Å². The molecule has 3 N–H and O–H groups in total. The van der Waals surface area contributed by atoms with Crippen LogP contribution in [-0.2, 0) is 6.42 Å². The molecule has 0 heterocycles. The second kappa shape index (κ2) is 3.92. The van der Waals surface area contributed by atoms with Gasteiger partial charge in [-0.15, -0.1) is 0 Å². The second-order valence-electron chi connectivity index (χ2n) is 3.65. The lowest BCUT2D eigenvalue weighted by molar-refractivity contribution is 0.0639. The van der Waals surface area contributed by atoms with Crippen LogP contribution in [0, 0.1) is 0 Å². The molecule has 4 heteroatoms. The van der Waals surface area contributed by atoms with Crippen molar-refractivity contribution in [3.8, 4) is 5.75 Å². The average molecular weight is 201 g/mol. The molecule has 1 rings (SSSR count). The molecule has 14 heavy (non-hydrogen) atoms. The number of rotatable bonds is 3. The number of phenolic OH excluding ortho intramolecular Hbond substituents is 1. The van der Waals surface area contributed by atoms with Crippen LogP contribution in [-0.4, -0.2) is 17.1 Å². The van der Waals surface area contributed by atoms with Crippen LogP contribution in [0.1, 0.15) is 12.5 Å². The van der Waals surface area contributed by atoms with E-state index in [2.05, 4.69) is 0 Å². The first-order chi connectivity index (χ1) is 6.42. The monoisotopic (exact) mass is 201 g/mol. The Morgan fingerprint density at radius 1 is 1.36 bits per heavy atom. The van der Waals surface area contributed by atoms with E-state index in [4.69, 9.17) is 10.8 Å². The van der Waals surface area contributed by atoms with E-state index in [1.54, 1.807) is 12.1 Å². The molecule has 0 saturated heterocycles. The van der Waals surface area contributed by atoms with Crippen molar-refractivity contribution < 1.29 is 13.9 Å². The van der Waals surface area contributed by atoms with E-state index >= 15 is 0 Å². The van der Waals surface area contributed by atoms with E-state index in [0.717, 1.165) is 0 Å². The van der Waals surface area contributed by atoms with Crippen molar-refractivity contribution in [2.75, 3.05) is 0 Å². The Labute approximate surface area is 81.4 Å². The van der Waals surface area contributed by atoms with Crippen LogP contribution in [0.25, 0.3) is 0 Å². The predicted octanol–water partition coefficient (Wildman–Crippen LogP) is 1.92. The maximum Gasteiger partial charge on any atom is 0.256 e. The van der Waals surface area contributed by atoms with Gasteiger partial charge in [0.2, 0.25) is 0 Å². The third-order valence-corrected chi connectivity index (χ3v) is 2.02. The van der Waals surface area contributed by atoms with Crippen LogP contribution in [0.4, 0.5) is 8.78 Å². The number of nitrogens with two attached hydrogens (primary N) is 1. The minimum atomic E-state index is -2.56. The molecule has 0 fully saturated rings. The maximum absolute atomic E-state index is 12.4. The largest absolute Gasteiger partial charge is 0.508 e. The van der Waals surface area contributed by atoms with Gasteiger partial charge >= 0.3 is 0 Å². The third-order valence-electron chi connectivity index (χ3n) is 2.02. The molecule has 1 aromatic rings. The molecule has 1 aromatic carbocycles. The van der Waals surface area contributed by atoms with E-state index in [-0.39, 0.29) is 12.2 Å². The number of halogens is 2. The molecule has 0 saturated carbocycles. The fraction of sp³-hybridized carbons (Fsp3) is 0.400. The van der Waals surface area contributed by atoms with Gasteiger partial charge in [-0.05, 0) is 31.0 Å². The molecule has 0 aliphatic rings. The van der Waals surface area contributed by atoms with Crippen LogP contribution >= 0.6 is 0 Å². The zero-order chi connectivity index (χ0) is 10.8. The molecule has 0 aliphatic heterocycles. The summed E-state index contributed by atoms with van der Waals surface area (Å²) >= 11 is 0. The van der Waals surface area contributed by atoms with Gasteiger partial charge in [0.15, 0.2) is 0 Å². The molecule has 0 amide bonds. The van der Waals surface area contributed by atoms with Crippen molar-refractivity contribution in [1.82, 2.24) is 0 Å². The van der Waals surface area contributed by atoms with Crippen molar-refractivity contribution in [1.29, 1.82) is 0 Å². The highest BCUT2D eigenvalue weighted by atomic mass is 19.3. The SMILES string of the molecule is CC(N)(Cc1ccc(O)cc1)C(F)F. The van der Waals surface area contributed by atoms with Crippen molar-refractivity contribution in [2.24, 2.45) is 5.73 Å². The molecule has 0 aliphatic carbocycles. The summed E-state index contributed by atoms with van der Waals surface area (Å²) in [6.07, 6.45) is -2.47. The summed E-state index contributed by atoms with van der Waals surface area (Å²) in [6, 6.07) is 6.08. The minimum absolute atomic E-state index is 0.0882. The van der Waals surface area contributed by atoms with E-state index < -0.39 is 12.0 Å². The lowest BCUT2D eigenvalue weighted by Crippen LogP contribution is -2.45. The first-order valence-corrected chi connectivity index (χ1v) is 4.27. The van der Waals surface area contributed by atoms with E-state index in [1.165, 1.54) is 19.1 Å². The number of aromatic hydroxyl groups is 1. The Kier molecular flexibility index (Phi) is 3.06. The number of benzene rings is 1. The summed E-state index contributed by atoms with van der Waals surface area (Å²) < 4.78 is 24.8. The van der Waals surface area contributed by atoms with E-state index in [0.29, 0.717) is 5.56 Å². The normalized spacial score (nSPS) is 15.5. The van der Waals surface area contributed by atoms with Gasteiger partial charge in [-0.25, -0.2) is 8.78 Å². The smallest absolute Gasteiger partial charge is 0.256 e. The Balaban J connectivity index is 2.74. The van der Waals surface area contributed by atoms with Crippen LogP contribution in [0.15, 0.2) is 24.3 Å². The highest BCUT2D eigenvalue weighted by Gasteiger charge is 2.30. The lowest BCUT2D eigenvalue weighted by atomic mass is 9.94. The first-order valence-electron chi connectivity index (χ1n) is 4.27. The van der Waals surface area contributed by atoms with Gasteiger partial charge in [0.25, 0.3) is 6.43 Å². The Bertz CT molecular complexity index is 295. The van der Waals surface area contributed by atoms with Gasteiger partial charge in [-0.2, -0.15) is 0 Å². The molecule has 0 bridgehead atoms. The van der Waals surface area contributed by atoms with Gasteiger partial charge in [0.05, 0.1) is 5.54 Å². The number of hydrogen-bond acceptors (Lipinski definition) is 2. The summed E-state index contributed by atoms with van der Waals surface area (Å²) in [4.78, 5) is 0. The highest BCUT2D eigenvalue weighted by molar-refractivity contribution is 5.27. The second-order valence-corrected chi connectivity index (χ2v) is 3.65. The average Bonchev–Trinajstić information content (AvgIpc) is 2.08. The minimum Gasteiger partial charge on any atom is -0.508 e. The number of phenols is 1. The number of alkyl halides is 2. The molecule has 1 unspecified atom stereocenters. The number of hydrogen-bond donors (Lipinski definition) is 2. The topological polar surface area (TPSA) is 46.2 Å². The van der Waals surface area contributed by atoms with Crippen LogP contribution in [0.2, 0.25) is 0 Å². The van der Waals surface area contributed by atoms with Crippen molar-refractivity contribution in [3.63, 3.8) is 0 Å². The van der Waals surface area contributed by atoms with Gasteiger partial charge < -0.3 is 10.8 Å². The molecule has 78 valence electrons. The Hall–Kier alpha value is -1.16. The Morgan fingerprint density at radius 2 is 1.86 bits per heavy atom. The fourth-order valence-corrected chi connectivity index (χ4v) is 1.13. The fourth-order valence-electron chi connectivity index (χ4n) is 1.13. The lowest BCUT2D eigenvalue weighted by Gasteiger charge is -2.23. The van der Waals surface area contributed by atoms with E-state index in [1.807, 2.05) is 0 Å². The Morgan fingerprint density at radius 3 is 2.29 bits per heavy atom. The van der Waals surface area contributed by atoms with Gasteiger partial charge in [0.1, 0.15) is 5.75 Å². The third kappa shape index (κ3) is 2.67. The van der Waals surface area contributed by atoms with Crippen LogP contribution in [0.3, 0.4) is 0 Å². The summed E-state index contributed by atoms with van der Waals surface area (Å²) in [5.74, 6) is 0.115. The summed E-state index contributed by atoms with van der Waals surface area (Å²) in [6.45, 7) is 1.31. The standard InChI is InChI=1S/C10H13F2NO/c1-10(13,9(11)12)6-7-2-4-8(14)5-3-7/h2-5,9,14H,6,13H2,1H3. The predicted molar refractivity (Wildman–Crippen MR) is 50.4 cm³/mol. The van der Waals surface area contributed by atoms with Gasteiger partial charge in [0, 0.05) is 0 Å². The molecular formula is C10H13F2NO. The maximum atomic E-state index is 12.4. The zero-order valence-electron chi connectivity index (χ0n) is 7.87. The quantitative estimate of drug-likeness (QED) is 0.784. The molecule has 0 radical (unpaired) electrons. The highest BCUT2D eigenvalue weighted by Crippen LogP contribution is 2.19. The molecule has 0 spiro atoms. The van der Waals surface area contributed by atoms with Gasteiger partial charge in [-0.3, -0.25) is 0 Å². The van der Waals surface area contributed by atoms with Crippen molar-refractivity contribution in [2.45, 2.75) is 25.3 Å². The first kappa shape index (κ1) is 10.9. The van der Waals surface area contributed by atoms with Crippen LogP contribution in [0.5, 0.6) is 5.75 Å². The van der Waals surface area contributed by atoms with Gasteiger partial charge in [-0.1, -0.05) is 12.1 Å². The molecule has 0 aromatic heterocycles.